The Kier molecular flexibility index (Phi) is 5.41. The molecule has 6 heteroatoms. The van der Waals surface area contributed by atoms with E-state index in [-0.39, 0.29) is 18.5 Å². The van der Waals surface area contributed by atoms with Crippen LogP contribution < -0.4 is 10.6 Å². The van der Waals surface area contributed by atoms with Gasteiger partial charge in [-0.05, 0) is 43.7 Å². The van der Waals surface area contributed by atoms with Gasteiger partial charge in [0.15, 0.2) is 0 Å². The fourth-order valence-electron chi connectivity index (χ4n) is 2.13. The molecule has 1 heterocycles. The highest BCUT2D eigenvalue weighted by Crippen LogP contribution is 2.17. The minimum absolute atomic E-state index is 0.0938. The first-order chi connectivity index (χ1) is 11.0. The summed E-state index contributed by atoms with van der Waals surface area (Å²) in [5.41, 5.74) is 2.09. The Labute approximate surface area is 134 Å². The van der Waals surface area contributed by atoms with Crippen LogP contribution in [0.2, 0.25) is 0 Å². The molecule has 23 heavy (non-hydrogen) atoms. The summed E-state index contributed by atoms with van der Waals surface area (Å²) in [6.45, 7) is 3.84. The van der Waals surface area contributed by atoms with Crippen LogP contribution in [-0.4, -0.2) is 25.5 Å². The quantitative estimate of drug-likeness (QED) is 0.801. The predicted molar refractivity (Wildman–Crippen MR) is 86.3 cm³/mol. The molecule has 6 nitrogen and oxygen atoms in total. The number of methoxy groups -OCH3 is 1. The molecule has 0 aliphatic heterocycles. The first-order valence-corrected chi connectivity index (χ1v) is 7.27. The Bertz CT molecular complexity index is 680. The molecule has 2 aromatic rings. The number of benzene rings is 1. The maximum Gasteiger partial charge on any atom is 0.337 e. The Morgan fingerprint density at radius 2 is 2.09 bits per heavy atom. The van der Waals surface area contributed by atoms with Crippen molar-refractivity contribution in [3.63, 3.8) is 0 Å². The first kappa shape index (κ1) is 16.6. The number of esters is 1. The van der Waals surface area contributed by atoms with Crippen LogP contribution in [0.15, 0.2) is 41.0 Å². The van der Waals surface area contributed by atoms with Crippen LogP contribution in [0.3, 0.4) is 0 Å². The lowest BCUT2D eigenvalue weighted by molar-refractivity contribution is -0.120. The van der Waals surface area contributed by atoms with E-state index >= 15 is 0 Å². The number of amides is 1. The van der Waals surface area contributed by atoms with Crippen molar-refractivity contribution in [2.45, 2.75) is 19.9 Å². The number of nitrogens with one attached hydrogen (secondary N) is 2. The van der Waals surface area contributed by atoms with Crippen molar-refractivity contribution in [1.82, 2.24) is 5.32 Å². The molecule has 0 saturated heterocycles. The molecule has 0 aliphatic carbocycles. The Hall–Kier alpha value is -2.76. The van der Waals surface area contributed by atoms with Crippen LogP contribution in [-0.2, 0) is 9.53 Å². The van der Waals surface area contributed by atoms with Gasteiger partial charge >= 0.3 is 5.97 Å². The highest BCUT2D eigenvalue weighted by molar-refractivity contribution is 5.91. The summed E-state index contributed by atoms with van der Waals surface area (Å²) in [6.07, 6.45) is 1.57. The normalized spacial score (nSPS) is 11.6. The molecule has 0 radical (unpaired) electrons. The third-order valence-corrected chi connectivity index (χ3v) is 3.45. The standard InChI is InChI=1S/C17H20N2O4/c1-11-6-7-13(17(21)22-3)9-14(11)18-10-16(20)19-12(2)15-5-4-8-23-15/h4-9,12,18H,10H2,1-3H3,(H,19,20). The van der Waals surface area contributed by atoms with Crippen molar-refractivity contribution in [2.24, 2.45) is 0 Å². The minimum atomic E-state index is -0.413. The molecule has 0 fully saturated rings. The molecule has 1 aromatic heterocycles. The van der Waals surface area contributed by atoms with Crippen LogP contribution in [0.4, 0.5) is 5.69 Å². The summed E-state index contributed by atoms with van der Waals surface area (Å²) in [4.78, 5) is 23.6. The first-order valence-electron chi connectivity index (χ1n) is 7.27. The second kappa shape index (κ2) is 7.49. The maximum atomic E-state index is 12.0. The highest BCUT2D eigenvalue weighted by atomic mass is 16.5. The van der Waals surface area contributed by atoms with E-state index in [0.29, 0.717) is 17.0 Å². The third-order valence-electron chi connectivity index (χ3n) is 3.45. The largest absolute Gasteiger partial charge is 0.467 e. The number of ether oxygens (including phenoxy) is 1. The van der Waals surface area contributed by atoms with Gasteiger partial charge in [-0.15, -0.1) is 0 Å². The number of rotatable bonds is 6. The van der Waals surface area contributed by atoms with E-state index in [9.17, 15) is 9.59 Å². The van der Waals surface area contributed by atoms with E-state index in [4.69, 9.17) is 9.15 Å². The summed E-state index contributed by atoms with van der Waals surface area (Å²) in [5.74, 6) is 0.114. The number of hydrogen-bond acceptors (Lipinski definition) is 5. The summed E-state index contributed by atoms with van der Waals surface area (Å²) < 4.78 is 9.94. The van der Waals surface area contributed by atoms with E-state index in [2.05, 4.69) is 10.6 Å². The molecule has 2 rings (SSSR count). The smallest absolute Gasteiger partial charge is 0.337 e. The topological polar surface area (TPSA) is 80.6 Å². The molecule has 1 aromatic carbocycles. The van der Waals surface area contributed by atoms with Gasteiger partial charge in [0, 0.05) is 5.69 Å². The molecule has 0 aliphatic rings. The van der Waals surface area contributed by atoms with Crippen molar-refractivity contribution < 1.29 is 18.7 Å². The molecule has 0 spiro atoms. The number of carbonyl (C=O) groups is 2. The number of furan rings is 1. The number of aryl methyl sites for hydroxylation is 1. The Balaban J connectivity index is 1.94. The van der Waals surface area contributed by atoms with E-state index in [0.717, 1.165) is 5.56 Å². The summed E-state index contributed by atoms with van der Waals surface area (Å²) in [7, 11) is 1.33. The van der Waals surface area contributed by atoms with Gasteiger partial charge in [0.25, 0.3) is 0 Å². The van der Waals surface area contributed by atoms with Gasteiger partial charge in [-0.3, -0.25) is 4.79 Å². The van der Waals surface area contributed by atoms with Crippen LogP contribution in [0, 0.1) is 6.92 Å². The molecule has 0 bridgehead atoms. The number of hydrogen-bond donors (Lipinski definition) is 2. The van der Waals surface area contributed by atoms with Gasteiger partial charge in [0.1, 0.15) is 5.76 Å². The van der Waals surface area contributed by atoms with Gasteiger partial charge < -0.3 is 19.8 Å². The van der Waals surface area contributed by atoms with Crippen molar-refractivity contribution in [3.8, 4) is 0 Å². The number of carbonyl (C=O) groups excluding carboxylic acids is 2. The molecular weight excluding hydrogens is 296 g/mol. The van der Waals surface area contributed by atoms with Crippen molar-refractivity contribution in [2.75, 3.05) is 19.0 Å². The van der Waals surface area contributed by atoms with E-state index in [1.807, 2.05) is 19.9 Å². The van der Waals surface area contributed by atoms with Gasteiger partial charge in [-0.25, -0.2) is 4.79 Å². The lowest BCUT2D eigenvalue weighted by Gasteiger charge is -2.14. The second-order valence-electron chi connectivity index (χ2n) is 5.18. The summed E-state index contributed by atoms with van der Waals surface area (Å²) in [5, 5.41) is 5.87. The predicted octanol–water partition coefficient (Wildman–Crippen LogP) is 2.66. The summed E-state index contributed by atoms with van der Waals surface area (Å²) in [6, 6.07) is 8.54. The average Bonchev–Trinajstić information content (AvgIpc) is 3.08. The molecule has 122 valence electrons. The van der Waals surface area contributed by atoms with Gasteiger partial charge in [0.2, 0.25) is 5.91 Å². The van der Waals surface area contributed by atoms with Crippen molar-refractivity contribution in [1.29, 1.82) is 0 Å². The lowest BCUT2D eigenvalue weighted by Crippen LogP contribution is -2.32. The SMILES string of the molecule is COC(=O)c1ccc(C)c(NCC(=O)NC(C)c2ccco2)c1. The lowest BCUT2D eigenvalue weighted by atomic mass is 10.1. The maximum absolute atomic E-state index is 12.0. The van der Waals surface area contributed by atoms with E-state index in [1.165, 1.54) is 7.11 Å². The average molecular weight is 316 g/mol. The molecule has 1 atom stereocenters. The van der Waals surface area contributed by atoms with Crippen molar-refractivity contribution in [3.05, 3.63) is 53.5 Å². The zero-order valence-electron chi connectivity index (χ0n) is 13.4. The zero-order chi connectivity index (χ0) is 16.8. The van der Waals surface area contributed by atoms with E-state index < -0.39 is 5.97 Å². The van der Waals surface area contributed by atoms with Crippen LogP contribution in [0.1, 0.15) is 34.6 Å². The molecule has 1 unspecified atom stereocenters. The van der Waals surface area contributed by atoms with Crippen molar-refractivity contribution >= 4 is 17.6 Å². The minimum Gasteiger partial charge on any atom is -0.467 e. The fourth-order valence-corrected chi connectivity index (χ4v) is 2.13. The monoisotopic (exact) mass is 316 g/mol. The molecule has 0 saturated carbocycles. The molecule has 2 N–H and O–H groups in total. The fraction of sp³-hybridized carbons (Fsp3) is 0.294. The Morgan fingerprint density at radius 1 is 1.30 bits per heavy atom. The summed E-state index contributed by atoms with van der Waals surface area (Å²) >= 11 is 0. The van der Waals surface area contributed by atoms with Crippen LogP contribution in [0.25, 0.3) is 0 Å². The zero-order valence-corrected chi connectivity index (χ0v) is 13.4. The highest BCUT2D eigenvalue weighted by Gasteiger charge is 2.12. The third kappa shape index (κ3) is 4.35. The van der Waals surface area contributed by atoms with Gasteiger partial charge in [-0.2, -0.15) is 0 Å². The molecule has 1 amide bonds. The van der Waals surface area contributed by atoms with Gasteiger partial charge in [-0.1, -0.05) is 6.07 Å². The van der Waals surface area contributed by atoms with E-state index in [1.54, 1.807) is 30.5 Å². The van der Waals surface area contributed by atoms with Crippen LogP contribution in [0.5, 0.6) is 0 Å². The number of anilines is 1. The molecular formula is C17H20N2O4. The van der Waals surface area contributed by atoms with Crippen LogP contribution >= 0.6 is 0 Å². The van der Waals surface area contributed by atoms with Gasteiger partial charge in [0.05, 0.1) is 31.5 Å². The second-order valence-corrected chi connectivity index (χ2v) is 5.18. The Morgan fingerprint density at radius 3 is 2.74 bits per heavy atom.